The van der Waals surface area contributed by atoms with E-state index in [0.717, 1.165) is 11.1 Å². The Kier molecular flexibility index (Phi) is 6.36. The lowest BCUT2D eigenvalue weighted by Gasteiger charge is -2.42. The molecule has 186 valence electrons. The van der Waals surface area contributed by atoms with Gasteiger partial charge in [0.1, 0.15) is 5.60 Å². The highest BCUT2D eigenvalue weighted by atomic mass is 16.6. The predicted octanol–water partition coefficient (Wildman–Crippen LogP) is 3.69. The van der Waals surface area contributed by atoms with Gasteiger partial charge in [-0.1, -0.05) is 6.08 Å². The minimum atomic E-state index is -0.824. The molecule has 3 aliphatic rings. The summed E-state index contributed by atoms with van der Waals surface area (Å²) in [7, 11) is 3.16. The summed E-state index contributed by atoms with van der Waals surface area (Å²) < 4.78 is 16.2. The number of amides is 2. The van der Waals surface area contributed by atoms with Crippen LogP contribution in [0.5, 0.6) is 11.5 Å². The van der Waals surface area contributed by atoms with Gasteiger partial charge in [0.05, 0.1) is 19.9 Å². The van der Waals surface area contributed by atoms with Crippen LogP contribution in [0.1, 0.15) is 39.7 Å². The summed E-state index contributed by atoms with van der Waals surface area (Å²) in [6.45, 7) is 8.41. The van der Waals surface area contributed by atoms with Gasteiger partial charge < -0.3 is 24.4 Å². The van der Waals surface area contributed by atoms with Crippen LogP contribution in [0.15, 0.2) is 53.2 Å². The van der Waals surface area contributed by atoms with E-state index < -0.39 is 11.3 Å². The van der Waals surface area contributed by atoms with Gasteiger partial charge in [-0.05, 0) is 70.0 Å². The fourth-order valence-electron chi connectivity index (χ4n) is 4.15. The summed E-state index contributed by atoms with van der Waals surface area (Å²) in [5, 5.41) is 9.53. The molecule has 9 nitrogen and oxygen atoms in total. The molecule has 0 aromatic heterocycles. The normalized spacial score (nSPS) is 21.9. The number of methoxy groups -OCH3 is 2. The van der Waals surface area contributed by atoms with Crippen LogP contribution in [0.2, 0.25) is 0 Å². The number of ether oxygens (including phenoxy) is 3. The number of carbonyl (C=O) groups excluding carboxylic acids is 2. The first kappa shape index (κ1) is 24.4. The smallest absolute Gasteiger partial charge is 0.410 e. The molecule has 0 saturated heterocycles. The van der Waals surface area contributed by atoms with Crippen LogP contribution in [0, 0.1) is 0 Å². The Morgan fingerprint density at radius 2 is 1.91 bits per heavy atom. The maximum Gasteiger partial charge on any atom is 0.410 e. The first-order valence-corrected chi connectivity index (χ1v) is 11.5. The van der Waals surface area contributed by atoms with Crippen LogP contribution in [0.3, 0.4) is 0 Å². The summed E-state index contributed by atoms with van der Waals surface area (Å²) in [6, 6.07) is 5.50. The Balaban J connectivity index is 1.52. The van der Waals surface area contributed by atoms with E-state index in [-0.39, 0.29) is 12.0 Å². The highest BCUT2D eigenvalue weighted by Gasteiger charge is 2.40. The van der Waals surface area contributed by atoms with Gasteiger partial charge in [0.25, 0.3) is 5.91 Å². The Morgan fingerprint density at radius 3 is 2.54 bits per heavy atom. The summed E-state index contributed by atoms with van der Waals surface area (Å²) in [5.74, 6) is 0.964. The van der Waals surface area contributed by atoms with Crippen LogP contribution in [0.4, 0.5) is 4.79 Å². The molecule has 0 fully saturated rings. The Morgan fingerprint density at radius 1 is 1.17 bits per heavy atom. The number of allylic oxidation sites excluding steroid dienone is 1. The summed E-state index contributed by atoms with van der Waals surface area (Å²) in [6.07, 6.45) is 7.64. The van der Waals surface area contributed by atoms with Crippen molar-refractivity contribution < 1.29 is 23.8 Å². The molecule has 0 spiro atoms. The third kappa shape index (κ3) is 5.03. The molecule has 1 N–H and O–H groups in total. The van der Waals surface area contributed by atoms with Crippen LogP contribution in [-0.4, -0.2) is 66.2 Å². The molecule has 1 aromatic carbocycles. The molecule has 0 bridgehead atoms. The van der Waals surface area contributed by atoms with E-state index in [1.807, 2.05) is 58.1 Å². The van der Waals surface area contributed by atoms with Crippen molar-refractivity contribution in [2.24, 2.45) is 5.10 Å². The van der Waals surface area contributed by atoms with Gasteiger partial charge in [-0.2, -0.15) is 10.1 Å². The van der Waals surface area contributed by atoms with Crippen LogP contribution in [0.25, 0.3) is 5.70 Å². The number of carbonyl (C=O) groups is 2. The molecule has 0 aliphatic carbocycles. The Labute approximate surface area is 205 Å². The topological polar surface area (TPSA) is 92.7 Å². The zero-order valence-electron chi connectivity index (χ0n) is 21.0. The fraction of sp³-hybridized carbons (Fsp3) is 0.423. The van der Waals surface area contributed by atoms with E-state index in [2.05, 4.69) is 10.4 Å². The van der Waals surface area contributed by atoms with Crippen molar-refractivity contribution in [3.63, 3.8) is 0 Å². The van der Waals surface area contributed by atoms with Gasteiger partial charge in [-0.25, -0.2) is 4.79 Å². The zero-order chi connectivity index (χ0) is 25.4. The number of hydrazone groups is 1. The molecule has 35 heavy (non-hydrogen) atoms. The molecule has 1 aromatic rings. The van der Waals surface area contributed by atoms with Crippen molar-refractivity contribution in [2.75, 3.05) is 27.3 Å². The van der Waals surface area contributed by atoms with Crippen molar-refractivity contribution >= 4 is 23.4 Å². The van der Waals surface area contributed by atoms with Crippen LogP contribution < -0.4 is 14.8 Å². The molecule has 2 amide bonds. The lowest BCUT2D eigenvalue weighted by atomic mass is 9.97. The van der Waals surface area contributed by atoms with E-state index in [4.69, 9.17) is 14.2 Å². The van der Waals surface area contributed by atoms with Crippen molar-refractivity contribution in [3.8, 4) is 11.5 Å². The zero-order valence-corrected chi connectivity index (χ0v) is 21.0. The van der Waals surface area contributed by atoms with Gasteiger partial charge >= 0.3 is 6.09 Å². The van der Waals surface area contributed by atoms with Crippen molar-refractivity contribution in [3.05, 3.63) is 53.6 Å². The third-order valence-electron chi connectivity index (χ3n) is 5.96. The number of nitrogens with one attached hydrogen (secondary N) is 1. The van der Waals surface area contributed by atoms with Gasteiger partial charge in [0.2, 0.25) is 0 Å². The van der Waals surface area contributed by atoms with Gasteiger partial charge in [0.15, 0.2) is 17.2 Å². The summed E-state index contributed by atoms with van der Waals surface area (Å²) in [4.78, 5) is 27.1. The van der Waals surface area contributed by atoms with E-state index in [9.17, 15) is 9.59 Å². The lowest BCUT2D eigenvalue weighted by Crippen LogP contribution is -2.58. The summed E-state index contributed by atoms with van der Waals surface area (Å²) in [5.41, 5.74) is 1.82. The van der Waals surface area contributed by atoms with Gasteiger partial charge in [-0.3, -0.25) is 4.79 Å². The van der Waals surface area contributed by atoms with Crippen molar-refractivity contribution in [1.29, 1.82) is 0 Å². The van der Waals surface area contributed by atoms with Crippen molar-refractivity contribution in [1.82, 2.24) is 15.2 Å². The summed E-state index contributed by atoms with van der Waals surface area (Å²) >= 11 is 0. The number of fused-ring (bicyclic) bond motifs is 1. The molecular formula is C26H32N4O5. The highest BCUT2D eigenvalue weighted by molar-refractivity contribution is 6.10. The molecule has 4 rings (SSSR count). The second-order valence-electron chi connectivity index (χ2n) is 9.77. The molecule has 1 unspecified atom stereocenters. The average molecular weight is 481 g/mol. The van der Waals surface area contributed by atoms with E-state index in [1.54, 1.807) is 25.2 Å². The number of nitrogens with zero attached hydrogens (tertiary/aromatic N) is 3. The number of hydrogen-bond donors (Lipinski definition) is 1. The molecule has 0 radical (unpaired) electrons. The quantitative estimate of drug-likeness (QED) is 0.707. The second kappa shape index (κ2) is 9.13. The Hall–Kier alpha value is -3.75. The Bertz CT molecular complexity index is 1160. The molecule has 1 atom stereocenters. The first-order valence-electron chi connectivity index (χ1n) is 11.5. The minimum absolute atomic E-state index is 0.232. The van der Waals surface area contributed by atoms with E-state index >= 15 is 0 Å². The van der Waals surface area contributed by atoms with Crippen LogP contribution >= 0.6 is 0 Å². The lowest BCUT2D eigenvalue weighted by molar-refractivity contribution is -0.131. The molecule has 3 heterocycles. The number of hydrogen-bond acceptors (Lipinski definition) is 7. The maximum atomic E-state index is 13.1. The second-order valence-corrected chi connectivity index (χ2v) is 9.77. The van der Waals surface area contributed by atoms with E-state index in [0.29, 0.717) is 42.4 Å². The maximum absolute atomic E-state index is 13.1. The van der Waals surface area contributed by atoms with Gasteiger partial charge in [-0.15, -0.1) is 0 Å². The molecule has 3 aliphatic heterocycles. The van der Waals surface area contributed by atoms with Crippen molar-refractivity contribution in [2.45, 2.75) is 45.4 Å². The number of benzene rings is 1. The molecule has 9 heteroatoms. The average Bonchev–Trinajstić information content (AvgIpc) is 2.82. The standard InChI is InChI=1S/C26H32N4O5/c1-25(2,3)35-24(32)29-13-10-17(11-14-29)19-9-12-26(4)27-20(16-23(31)30(26)28-19)18-7-8-21(33-5)22(15-18)34-6/h7-10,12,15-16,27H,11,13-14H2,1-6H3. The SMILES string of the molecule is COc1ccc(C2=CC(=O)N3N=C(C4=CCN(C(=O)OC(C)(C)C)CC4)C=CC3(C)N2)cc1OC. The molecular weight excluding hydrogens is 448 g/mol. The van der Waals surface area contributed by atoms with E-state index in [1.165, 1.54) is 11.1 Å². The third-order valence-corrected chi connectivity index (χ3v) is 5.96. The monoisotopic (exact) mass is 480 g/mol. The minimum Gasteiger partial charge on any atom is -0.493 e. The van der Waals surface area contributed by atoms with Crippen LogP contribution in [-0.2, 0) is 9.53 Å². The first-order chi connectivity index (χ1) is 16.5. The fourth-order valence-corrected chi connectivity index (χ4v) is 4.15. The number of rotatable bonds is 4. The van der Waals surface area contributed by atoms with Gasteiger partial charge in [0, 0.05) is 30.4 Å². The molecule has 0 saturated carbocycles. The largest absolute Gasteiger partial charge is 0.493 e. The highest BCUT2D eigenvalue weighted by Crippen LogP contribution is 2.34. The predicted molar refractivity (Wildman–Crippen MR) is 133 cm³/mol.